The van der Waals surface area contributed by atoms with Crippen molar-refractivity contribution in [3.63, 3.8) is 0 Å². The van der Waals surface area contributed by atoms with Gasteiger partial charge in [0.25, 0.3) is 0 Å². The molecule has 4 nitrogen and oxygen atoms in total. The Bertz CT molecular complexity index is 1070. The summed E-state index contributed by atoms with van der Waals surface area (Å²) in [5, 5.41) is 15.4. The number of nitriles is 1. The molecule has 0 amide bonds. The van der Waals surface area contributed by atoms with Crippen LogP contribution in [0.5, 0.6) is 0 Å². The second kappa shape index (κ2) is 8.31. The molecule has 2 aromatic carbocycles. The number of benzene rings is 2. The lowest BCUT2D eigenvalue weighted by atomic mass is 10.2. The fraction of sp³-hybridized carbons (Fsp3) is 0.0556. The van der Waals surface area contributed by atoms with Crippen LogP contribution in [0.4, 0.5) is 18.9 Å². The molecule has 0 aliphatic carbocycles. The van der Waals surface area contributed by atoms with Gasteiger partial charge in [0.05, 0.1) is 22.0 Å². The monoisotopic (exact) mass is 484 g/mol. The molecule has 10 heteroatoms. The molecule has 1 heterocycles. The van der Waals surface area contributed by atoms with Crippen molar-refractivity contribution in [2.45, 2.75) is 6.18 Å². The van der Waals surface area contributed by atoms with Crippen molar-refractivity contribution in [3.05, 3.63) is 67.9 Å². The van der Waals surface area contributed by atoms with Gasteiger partial charge in [-0.3, -0.25) is 5.43 Å². The molecule has 0 radical (unpaired) electrons. The summed E-state index contributed by atoms with van der Waals surface area (Å²) in [5.41, 5.74) is 2.94. The van der Waals surface area contributed by atoms with Gasteiger partial charge in [0.2, 0.25) is 0 Å². The largest absolute Gasteiger partial charge is 0.416 e. The van der Waals surface area contributed by atoms with E-state index >= 15 is 0 Å². The molecule has 0 aliphatic rings. The van der Waals surface area contributed by atoms with E-state index in [1.54, 1.807) is 5.38 Å². The maximum absolute atomic E-state index is 12.8. The topological polar surface area (TPSA) is 61.1 Å². The normalized spacial score (nSPS) is 11.9. The van der Waals surface area contributed by atoms with Crippen molar-refractivity contribution in [1.29, 1.82) is 5.26 Å². The second-order valence-corrected chi connectivity index (χ2v) is 7.60. The van der Waals surface area contributed by atoms with Crippen LogP contribution in [0.1, 0.15) is 10.6 Å². The van der Waals surface area contributed by atoms with Crippen LogP contribution in [0.25, 0.3) is 11.3 Å². The summed E-state index contributed by atoms with van der Waals surface area (Å²) in [6.45, 7) is 0. The third-order valence-electron chi connectivity index (χ3n) is 3.53. The molecule has 3 rings (SSSR count). The van der Waals surface area contributed by atoms with Gasteiger partial charge in [-0.2, -0.15) is 23.5 Å². The summed E-state index contributed by atoms with van der Waals surface area (Å²) in [4.78, 5) is 4.37. The highest BCUT2D eigenvalue weighted by Crippen LogP contribution is 2.34. The molecule has 0 spiro atoms. The highest BCUT2D eigenvalue weighted by molar-refractivity contribution is 9.10. The third-order valence-corrected chi connectivity index (χ3v) is 5.24. The van der Waals surface area contributed by atoms with E-state index in [4.69, 9.17) is 11.6 Å². The highest BCUT2D eigenvalue weighted by atomic mass is 79.9. The summed E-state index contributed by atoms with van der Waals surface area (Å²) in [5.74, 6) is 0. The number of halogens is 5. The van der Waals surface area contributed by atoms with Gasteiger partial charge in [-0.15, -0.1) is 11.3 Å². The summed E-state index contributed by atoms with van der Waals surface area (Å²) in [6, 6.07) is 12.2. The molecule has 0 unspecified atom stereocenters. The molecule has 0 saturated heterocycles. The van der Waals surface area contributed by atoms with Gasteiger partial charge in [-0.25, -0.2) is 4.98 Å². The van der Waals surface area contributed by atoms with E-state index in [2.05, 4.69) is 31.4 Å². The number of nitrogens with one attached hydrogen (secondary N) is 1. The summed E-state index contributed by atoms with van der Waals surface area (Å²) >= 11 is 10.5. The van der Waals surface area contributed by atoms with Crippen LogP contribution >= 0.6 is 38.9 Å². The zero-order valence-corrected chi connectivity index (χ0v) is 16.9. The zero-order valence-electron chi connectivity index (χ0n) is 13.8. The van der Waals surface area contributed by atoms with Crippen LogP contribution < -0.4 is 5.43 Å². The van der Waals surface area contributed by atoms with Gasteiger partial charge in [-0.1, -0.05) is 39.7 Å². The minimum Gasteiger partial charge on any atom is -0.276 e. The molecule has 1 aromatic heterocycles. The Balaban J connectivity index is 1.86. The molecule has 0 bridgehead atoms. The Labute approximate surface area is 175 Å². The van der Waals surface area contributed by atoms with Gasteiger partial charge in [0.1, 0.15) is 6.07 Å². The molecule has 0 aliphatic heterocycles. The number of hydrogen-bond donors (Lipinski definition) is 1. The number of hydrogen-bond acceptors (Lipinski definition) is 5. The quantitative estimate of drug-likeness (QED) is 0.335. The predicted octanol–water partition coefficient (Wildman–Crippen LogP) is 6.58. The van der Waals surface area contributed by atoms with Crippen molar-refractivity contribution in [2.24, 2.45) is 5.10 Å². The summed E-state index contributed by atoms with van der Waals surface area (Å²) in [7, 11) is 0. The summed E-state index contributed by atoms with van der Waals surface area (Å²) in [6.07, 6.45) is -4.52. The van der Waals surface area contributed by atoms with Crippen molar-refractivity contribution in [3.8, 4) is 17.3 Å². The van der Waals surface area contributed by atoms with Gasteiger partial charge in [0, 0.05) is 15.4 Å². The van der Waals surface area contributed by atoms with Crippen molar-refractivity contribution >= 4 is 50.3 Å². The van der Waals surface area contributed by atoms with Crippen LogP contribution in [0.3, 0.4) is 0 Å². The third kappa shape index (κ3) is 4.70. The summed E-state index contributed by atoms with van der Waals surface area (Å²) < 4.78 is 39.5. The molecule has 0 atom stereocenters. The minimum absolute atomic E-state index is 0.0451. The maximum atomic E-state index is 12.8. The molecule has 3 aromatic rings. The van der Waals surface area contributed by atoms with Crippen LogP contribution in [0, 0.1) is 11.3 Å². The highest BCUT2D eigenvalue weighted by Gasteiger charge is 2.31. The number of rotatable bonds is 4. The van der Waals surface area contributed by atoms with E-state index in [0.717, 1.165) is 28.2 Å². The predicted molar refractivity (Wildman–Crippen MR) is 107 cm³/mol. The van der Waals surface area contributed by atoms with E-state index in [1.807, 2.05) is 30.3 Å². The Morgan fingerprint density at radius 2 is 1.93 bits per heavy atom. The van der Waals surface area contributed by atoms with Gasteiger partial charge in [0.15, 0.2) is 10.7 Å². The standard InChI is InChI=1S/C18H9BrClF3N4S/c19-12-4-1-10(2-5-12)16-9-28-17(25-16)15(8-24)27-26-14-7-11(18(21,22)23)3-6-13(14)20/h1-7,9,26H/b27-15-. The van der Waals surface area contributed by atoms with E-state index in [9.17, 15) is 18.4 Å². The van der Waals surface area contributed by atoms with Crippen molar-refractivity contribution < 1.29 is 13.2 Å². The van der Waals surface area contributed by atoms with E-state index in [0.29, 0.717) is 10.7 Å². The first kappa shape index (κ1) is 20.3. The number of thiazole rings is 1. The van der Waals surface area contributed by atoms with E-state index in [-0.39, 0.29) is 16.4 Å². The fourth-order valence-electron chi connectivity index (χ4n) is 2.16. The SMILES string of the molecule is N#C/C(=N/Nc1cc(C(F)(F)F)ccc1Cl)c1nc(-c2ccc(Br)cc2)cs1. The average Bonchev–Trinajstić information content (AvgIpc) is 3.13. The first-order chi connectivity index (χ1) is 13.3. The van der Waals surface area contributed by atoms with Crippen LogP contribution in [-0.4, -0.2) is 10.7 Å². The van der Waals surface area contributed by atoms with Crippen molar-refractivity contribution in [2.75, 3.05) is 5.43 Å². The molecular formula is C18H9BrClF3N4S. The first-order valence-corrected chi connectivity index (χ1v) is 9.65. The van der Waals surface area contributed by atoms with Crippen LogP contribution in [-0.2, 0) is 6.18 Å². The molecular weight excluding hydrogens is 477 g/mol. The molecule has 0 fully saturated rings. The number of nitrogens with zero attached hydrogens (tertiary/aromatic N) is 3. The van der Waals surface area contributed by atoms with Gasteiger partial charge >= 0.3 is 6.18 Å². The zero-order chi connectivity index (χ0) is 20.3. The van der Waals surface area contributed by atoms with Crippen LogP contribution in [0.2, 0.25) is 5.02 Å². The minimum atomic E-state index is -4.52. The average molecular weight is 486 g/mol. The van der Waals surface area contributed by atoms with E-state index in [1.165, 1.54) is 11.3 Å². The lowest BCUT2D eigenvalue weighted by Gasteiger charge is -2.10. The lowest BCUT2D eigenvalue weighted by Crippen LogP contribution is -2.06. The van der Waals surface area contributed by atoms with Gasteiger partial charge < -0.3 is 0 Å². The van der Waals surface area contributed by atoms with E-state index < -0.39 is 11.7 Å². The first-order valence-electron chi connectivity index (χ1n) is 7.60. The molecule has 1 N–H and O–H groups in total. The lowest BCUT2D eigenvalue weighted by molar-refractivity contribution is -0.137. The maximum Gasteiger partial charge on any atom is 0.416 e. The Morgan fingerprint density at radius 3 is 2.57 bits per heavy atom. The Hall–Kier alpha value is -2.41. The number of aromatic nitrogens is 1. The van der Waals surface area contributed by atoms with Gasteiger partial charge in [-0.05, 0) is 30.3 Å². The molecule has 0 saturated carbocycles. The molecule has 142 valence electrons. The smallest absolute Gasteiger partial charge is 0.276 e. The number of hydrazone groups is 1. The second-order valence-electron chi connectivity index (χ2n) is 5.42. The Kier molecular flexibility index (Phi) is 6.03. The van der Waals surface area contributed by atoms with Crippen LogP contribution in [0.15, 0.2) is 57.4 Å². The number of anilines is 1. The van der Waals surface area contributed by atoms with Crippen molar-refractivity contribution in [1.82, 2.24) is 4.98 Å². The fourth-order valence-corrected chi connectivity index (χ4v) is 3.35. The number of alkyl halides is 3. The molecule has 28 heavy (non-hydrogen) atoms. The Morgan fingerprint density at radius 1 is 1.21 bits per heavy atom.